The number of carbonyl (C=O) groups excluding carboxylic acids is 1. The number of carbonyl (C=O) groups is 1. The number of aromatic amines is 1. The molecule has 5 N–H and O–H groups in total. The summed E-state index contributed by atoms with van der Waals surface area (Å²) in [5.41, 5.74) is 7.50. The van der Waals surface area contributed by atoms with E-state index >= 15 is 0 Å². The molecule has 0 spiro atoms. The summed E-state index contributed by atoms with van der Waals surface area (Å²) < 4.78 is 10.7. The fraction of sp³-hybridized carbons (Fsp3) is 0.381. The number of nitrogens with zero attached hydrogens (tertiary/aromatic N) is 1. The van der Waals surface area contributed by atoms with Crippen molar-refractivity contribution in [2.45, 2.75) is 13.1 Å². The van der Waals surface area contributed by atoms with Gasteiger partial charge in [0.1, 0.15) is 4.83 Å². The number of hydrogen-bond acceptors (Lipinski definition) is 8. The highest BCUT2D eigenvalue weighted by Gasteiger charge is 2.15. The molecule has 1 aromatic carbocycles. The van der Waals surface area contributed by atoms with Crippen LogP contribution in [-0.4, -0.2) is 55.4 Å². The van der Waals surface area contributed by atoms with Crippen LogP contribution >= 0.6 is 11.3 Å². The first-order valence-electron chi connectivity index (χ1n) is 10.1. The molecule has 0 bridgehead atoms. The molecule has 0 saturated carbocycles. The first-order valence-corrected chi connectivity index (χ1v) is 10.9. The van der Waals surface area contributed by atoms with Crippen molar-refractivity contribution in [3.05, 3.63) is 63.0 Å². The van der Waals surface area contributed by atoms with Crippen LogP contribution in [0.15, 0.2) is 40.8 Å². The summed E-state index contributed by atoms with van der Waals surface area (Å²) >= 11 is 1.28. The first kappa shape index (κ1) is 23.0. The minimum absolute atomic E-state index is 0.288. The Bertz CT molecular complexity index is 1020. The molecule has 0 aliphatic heterocycles. The molecular formula is C21H27N5O4S. The number of thiophene rings is 1. The number of amides is 1. The Kier molecular flexibility index (Phi) is 9.13. The average molecular weight is 446 g/mol. The molecule has 0 aliphatic carbocycles. The molecule has 0 atom stereocenters. The van der Waals surface area contributed by atoms with Gasteiger partial charge in [0.25, 0.3) is 11.5 Å². The molecule has 166 valence electrons. The van der Waals surface area contributed by atoms with Gasteiger partial charge in [0.2, 0.25) is 0 Å². The van der Waals surface area contributed by atoms with E-state index in [1.54, 1.807) is 5.38 Å². The Morgan fingerprint density at radius 2 is 1.77 bits per heavy atom. The van der Waals surface area contributed by atoms with E-state index in [0.29, 0.717) is 55.3 Å². The molecule has 0 fully saturated rings. The van der Waals surface area contributed by atoms with Gasteiger partial charge in [0.05, 0.1) is 43.7 Å². The predicted molar refractivity (Wildman–Crippen MR) is 120 cm³/mol. The molecule has 31 heavy (non-hydrogen) atoms. The molecule has 0 aliphatic rings. The van der Waals surface area contributed by atoms with Crippen LogP contribution in [0.3, 0.4) is 0 Å². The minimum Gasteiger partial charge on any atom is -0.378 e. The number of fused-ring (bicyclic) bond motifs is 1. The smallest absolute Gasteiger partial charge is 0.260 e. The third-order valence-electron chi connectivity index (χ3n) is 4.48. The highest BCUT2D eigenvalue weighted by Crippen LogP contribution is 2.20. The molecule has 0 saturated heterocycles. The van der Waals surface area contributed by atoms with Crippen molar-refractivity contribution < 1.29 is 14.3 Å². The summed E-state index contributed by atoms with van der Waals surface area (Å²) in [6, 6.07) is 7.99. The van der Waals surface area contributed by atoms with E-state index in [4.69, 9.17) is 15.2 Å². The van der Waals surface area contributed by atoms with E-state index in [9.17, 15) is 9.59 Å². The van der Waals surface area contributed by atoms with Gasteiger partial charge in [-0.05, 0) is 11.1 Å². The van der Waals surface area contributed by atoms with Gasteiger partial charge < -0.3 is 30.8 Å². The lowest BCUT2D eigenvalue weighted by Gasteiger charge is -2.08. The summed E-state index contributed by atoms with van der Waals surface area (Å²) in [7, 11) is 0. The molecule has 2 aromatic heterocycles. The van der Waals surface area contributed by atoms with E-state index in [-0.39, 0.29) is 11.5 Å². The second-order valence-electron chi connectivity index (χ2n) is 6.75. The fourth-order valence-corrected chi connectivity index (χ4v) is 3.77. The Morgan fingerprint density at radius 3 is 2.52 bits per heavy atom. The number of ether oxygens (including phenoxy) is 2. The number of nitrogens with two attached hydrogens (primary N) is 1. The predicted octanol–water partition coefficient (Wildman–Crippen LogP) is 0.996. The second kappa shape index (κ2) is 12.3. The van der Waals surface area contributed by atoms with Crippen LogP contribution < -0.4 is 21.9 Å². The van der Waals surface area contributed by atoms with Crippen LogP contribution in [0.2, 0.25) is 0 Å². The van der Waals surface area contributed by atoms with Crippen molar-refractivity contribution in [3.8, 4) is 0 Å². The number of aromatic nitrogens is 2. The number of rotatable bonds is 13. The zero-order valence-electron chi connectivity index (χ0n) is 17.2. The summed E-state index contributed by atoms with van der Waals surface area (Å²) in [6.07, 6.45) is 1.34. The maximum absolute atomic E-state index is 12.5. The summed E-state index contributed by atoms with van der Waals surface area (Å²) in [4.78, 5) is 31.6. The Labute approximate surface area is 184 Å². The van der Waals surface area contributed by atoms with Gasteiger partial charge >= 0.3 is 0 Å². The SMILES string of the molecule is NCCOCCOCCNCc1ccc(CNC(=O)c2csc3nc[nH]c(=O)c23)cc1. The zero-order valence-corrected chi connectivity index (χ0v) is 18.0. The number of H-pyrrole nitrogens is 1. The normalized spacial score (nSPS) is 11.1. The van der Waals surface area contributed by atoms with Crippen molar-refractivity contribution in [3.63, 3.8) is 0 Å². The van der Waals surface area contributed by atoms with Crippen molar-refractivity contribution in [2.75, 3.05) is 39.5 Å². The molecule has 9 nitrogen and oxygen atoms in total. The maximum Gasteiger partial charge on any atom is 0.260 e. The Hall–Kier alpha value is -2.63. The van der Waals surface area contributed by atoms with E-state index in [1.807, 2.05) is 24.3 Å². The quantitative estimate of drug-likeness (QED) is 0.289. The lowest BCUT2D eigenvalue weighted by atomic mass is 10.1. The molecule has 3 aromatic rings. The third-order valence-corrected chi connectivity index (χ3v) is 5.37. The standard InChI is InChI=1S/C21H27N5O4S/c22-5-7-29-9-10-30-8-6-23-11-15-1-3-16(4-2-15)12-24-19(27)17-13-31-21-18(17)20(28)25-14-26-21/h1-4,13-14,23H,5-12,22H2,(H,24,27)(H,25,26,28). The fourth-order valence-electron chi connectivity index (χ4n) is 2.89. The van der Waals surface area contributed by atoms with E-state index in [2.05, 4.69) is 20.6 Å². The minimum atomic E-state index is -0.307. The van der Waals surface area contributed by atoms with Crippen molar-refractivity contribution in [1.82, 2.24) is 20.6 Å². The number of nitrogens with one attached hydrogen (secondary N) is 3. The van der Waals surface area contributed by atoms with Gasteiger partial charge in [0.15, 0.2) is 0 Å². The average Bonchev–Trinajstić information content (AvgIpc) is 3.23. The zero-order chi connectivity index (χ0) is 21.9. The molecule has 3 rings (SSSR count). The van der Waals surface area contributed by atoms with E-state index in [1.165, 1.54) is 17.7 Å². The number of hydrogen-bond donors (Lipinski definition) is 4. The summed E-state index contributed by atoms with van der Waals surface area (Å²) in [5.74, 6) is -0.288. The highest BCUT2D eigenvalue weighted by molar-refractivity contribution is 7.17. The topological polar surface area (TPSA) is 131 Å². The van der Waals surface area contributed by atoms with Crippen molar-refractivity contribution >= 4 is 27.5 Å². The maximum atomic E-state index is 12.5. The van der Waals surface area contributed by atoms with Crippen LogP contribution in [0.1, 0.15) is 21.5 Å². The Morgan fingerprint density at radius 1 is 1.06 bits per heavy atom. The number of benzene rings is 1. The van der Waals surface area contributed by atoms with Crippen LogP contribution in [-0.2, 0) is 22.6 Å². The van der Waals surface area contributed by atoms with Gasteiger partial charge in [-0.15, -0.1) is 11.3 Å². The largest absolute Gasteiger partial charge is 0.378 e. The van der Waals surface area contributed by atoms with E-state index in [0.717, 1.165) is 24.2 Å². The second-order valence-corrected chi connectivity index (χ2v) is 7.61. The van der Waals surface area contributed by atoms with Gasteiger partial charge in [-0.25, -0.2) is 4.98 Å². The van der Waals surface area contributed by atoms with Gasteiger partial charge in [-0.2, -0.15) is 0 Å². The van der Waals surface area contributed by atoms with Crippen molar-refractivity contribution in [1.29, 1.82) is 0 Å². The molecule has 1 amide bonds. The van der Waals surface area contributed by atoms with E-state index < -0.39 is 0 Å². The van der Waals surface area contributed by atoms with Crippen LogP contribution in [0, 0.1) is 0 Å². The van der Waals surface area contributed by atoms with Gasteiger partial charge in [-0.1, -0.05) is 24.3 Å². The van der Waals surface area contributed by atoms with Crippen LogP contribution in [0.5, 0.6) is 0 Å². The van der Waals surface area contributed by atoms with Crippen LogP contribution in [0.4, 0.5) is 0 Å². The Balaban J connectivity index is 1.37. The van der Waals surface area contributed by atoms with Crippen LogP contribution in [0.25, 0.3) is 10.2 Å². The van der Waals surface area contributed by atoms with Crippen molar-refractivity contribution in [2.24, 2.45) is 5.73 Å². The van der Waals surface area contributed by atoms with Gasteiger partial charge in [-0.3, -0.25) is 9.59 Å². The summed E-state index contributed by atoms with van der Waals surface area (Å²) in [5, 5.41) is 8.18. The molecular weight excluding hydrogens is 418 g/mol. The lowest BCUT2D eigenvalue weighted by molar-refractivity contribution is 0.0518. The van der Waals surface area contributed by atoms with Gasteiger partial charge in [0, 0.05) is 31.6 Å². The molecule has 0 radical (unpaired) electrons. The monoisotopic (exact) mass is 445 g/mol. The molecule has 10 heteroatoms. The lowest BCUT2D eigenvalue weighted by Crippen LogP contribution is -2.24. The third kappa shape index (κ3) is 6.94. The summed E-state index contributed by atoms with van der Waals surface area (Å²) in [6.45, 7) is 4.68. The highest BCUT2D eigenvalue weighted by atomic mass is 32.1. The molecule has 0 unspecified atom stereocenters. The first-order chi connectivity index (χ1) is 15.2. The molecule has 2 heterocycles.